The van der Waals surface area contributed by atoms with E-state index in [1.54, 1.807) is 4.31 Å². The molecule has 0 bridgehead atoms. The smallest absolute Gasteiger partial charge is 0.232 e. The maximum Gasteiger partial charge on any atom is 0.232 e. The Balaban J connectivity index is 2.51. The molecule has 0 radical (unpaired) electrons. The molecule has 0 saturated heterocycles. The van der Waals surface area contributed by atoms with E-state index in [0.29, 0.717) is 13.0 Å². The van der Waals surface area contributed by atoms with Gasteiger partial charge in [0, 0.05) is 16.1 Å². The van der Waals surface area contributed by atoms with E-state index in [-0.39, 0.29) is 17.0 Å². The van der Waals surface area contributed by atoms with E-state index < -0.39 is 18.3 Å². The lowest BCUT2D eigenvalue weighted by Gasteiger charge is -2.43. The number of halogens is 1. The number of hydrogen-bond donors (Lipinski definition) is 0. The van der Waals surface area contributed by atoms with Gasteiger partial charge in [0.1, 0.15) is 0 Å². The first-order valence-electron chi connectivity index (χ1n) is 10.5. The molecule has 0 spiro atoms. The van der Waals surface area contributed by atoms with Gasteiger partial charge in [-0.05, 0) is 77.7 Å². The Bertz CT molecular complexity index is 890. The Labute approximate surface area is 198 Å². The minimum Gasteiger partial charge on any atom is -0.416 e. The van der Waals surface area contributed by atoms with E-state index >= 15 is 0 Å². The van der Waals surface area contributed by atoms with Crippen molar-refractivity contribution >= 4 is 46.6 Å². The molecule has 1 aromatic rings. The molecule has 30 heavy (non-hydrogen) atoms. The molecule has 0 amide bonds. The van der Waals surface area contributed by atoms with Crippen molar-refractivity contribution in [3.63, 3.8) is 0 Å². The Hall–Kier alpha value is -0.643. The minimum absolute atomic E-state index is 0.102. The summed E-state index contributed by atoms with van der Waals surface area (Å²) < 4.78 is 35.3. The number of hydrogen-bond acceptors (Lipinski definition) is 3. The van der Waals surface area contributed by atoms with E-state index in [4.69, 9.17) is 4.43 Å². The van der Waals surface area contributed by atoms with Crippen LogP contribution in [0.25, 0.3) is 0 Å². The van der Waals surface area contributed by atoms with E-state index in [1.807, 2.05) is 30.3 Å². The Morgan fingerprint density at radius 2 is 1.93 bits per heavy atom. The standard InChI is InChI=1S/C23H36INO3SSi/c1-8-12-18-13-11-14-19(17-28-30(6,7)23(2,3)4)22(18)25(29(5,26)27)21-16-10-9-15-20(21)24/h8-10,13,15-16,19,22H,1,11-12,14,17H2,2-7H3/t19?,22-/m1/s1. The third kappa shape index (κ3) is 5.98. The molecule has 0 saturated carbocycles. The highest BCUT2D eigenvalue weighted by atomic mass is 127. The monoisotopic (exact) mass is 561 g/mol. The zero-order chi connectivity index (χ0) is 22.7. The van der Waals surface area contributed by atoms with E-state index in [0.717, 1.165) is 27.7 Å². The fraction of sp³-hybridized carbons (Fsp3) is 0.565. The maximum atomic E-state index is 13.1. The average Bonchev–Trinajstić information content (AvgIpc) is 2.61. The van der Waals surface area contributed by atoms with Crippen molar-refractivity contribution in [2.75, 3.05) is 17.2 Å². The summed E-state index contributed by atoms with van der Waals surface area (Å²) in [6, 6.07) is 7.43. The highest BCUT2D eigenvalue weighted by molar-refractivity contribution is 14.1. The predicted octanol–water partition coefficient (Wildman–Crippen LogP) is 6.36. The van der Waals surface area contributed by atoms with Crippen LogP contribution in [0.5, 0.6) is 0 Å². The topological polar surface area (TPSA) is 46.6 Å². The summed E-state index contributed by atoms with van der Waals surface area (Å²) in [5.41, 5.74) is 1.85. The molecule has 2 rings (SSSR count). The number of sulfonamides is 1. The third-order valence-electron chi connectivity index (χ3n) is 6.31. The number of benzene rings is 1. The zero-order valence-electron chi connectivity index (χ0n) is 19.1. The van der Waals surface area contributed by atoms with Crippen LogP contribution in [0, 0.1) is 9.49 Å². The Morgan fingerprint density at radius 1 is 1.30 bits per heavy atom. The summed E-state index contributed by atoms with van der Waals surface area (Å²) in [6.45, 7) is 15.7. The summed E-state index contributed by atoms with van der Waals surface area (Å²) in [4.78, 5) is 0. The van der Waals surface area contributed by atoms with Crippen molar-refractivity contribution in [3.05, 3.63) is 52.1 Å². The SMILES string of the molecule is C=CCC1=CCCC(CO[Si](C)(C)C(C)(C)C)[C@@H]1N(c1ccccc1I)S(C)(=O)=O. The van der Waals surface area contributed by atoms with Gasteiger partial charge in [-0.3, -0.25) is 4.31 Å². The lowest BCUT2D eigenvalue weighted by Crippen LogP contribution is -2.50. The van der Waals surface area contributed by atoms with Gasteiger partial charge in [0.2, 0.25) is 10.0 Å². The first-order valence-corrected chi connectivity index (χ1v) is 16.3. The maximum absolute atomic E-state index is 13.1. The molecule has 7 heteroatoms. The van der Waals surface area contributed by atoms with Gasteiger partial charge in [-0.25, -0.2) is 8.42 Å². The first kappa shape index (κ1) is 25.6. The van der Waals surface area contributed by atoms with Gasteiger partial charge in [0.05, 0.1) is 18.0 Å². The van der Waals surface area contributed by atoms with Gasteiger partial charge in [-0.15, -0.1) is 6.58 Å². The second-order valence-electron chi connectivity index (χ2n) is 9.64. The first-order chi connectivity index (χ1) is 13.8. The van der Waals surface area contributed by atoms with Gasteiger partial charge in [0.15, 0.2) is 8.32 Å². The van der Waals surface area contributed by atoms with Crippen molar-refractivity contribution in [1.82, 2.24) is 0 Å². The lowest BCUT2D eigenvalue weighted by atomic mass is 9.82. The van der Waals surface area contributed by atoms with E-state index in [9.17, 15) is 8.42 Å². The number of allylic oxidation sites excluding steroid dienone is 2. The van der Waals surface area contributed by atoms with Crippen molar-refractivity contribution in [2.45, 2.75) is 64.2 Å². The molecule has 0 aromatic heterocycles. The Kier molecular flexibility index (Phi) is 8.43. The van der Waals surface area contributed by atoms with Crippen molar-refractivity contribution < 1.29 is 12.8 Å². The van der Waals surface area contributed by atoms with Crippen LogP contribution < -0.4 is 4.31 Å². The zero-order valence-corrected chi connectivity index (χ0v) is 23.1. The molecular formula is C23H36INO3SSi. The normalized spacial score (nSPS) is 20.6. The number of rotatable bonds is 8. The summed E-state index contributed by atoms with van der Waals surface area (Å²) >= 11 is 2.22. The van der Waals surface area contributed by atoms with E-state index in [2.05, 4.69) is 69.1 Å². The van der Waals surface area contributed by atoms with Gasteiger partial charge in [-0.2, -0.15) is 0 Å². The van der Waals surface area contributed by atoms with Crippen LogP contribution in [0.1, 0.15) is 40.0 Å². The van der Waals surface area contributed by atoms with Crippen molar-refractivity contribution in [1.29, 1.82) is 0 Å². The van der Waals surface area contributed by atoms with Crippen molar-refractivity contribution in [2.24, 2.45) is 5.92 Å². The molecule has 1 aliphatic rings. The van der Waals surface area contributed by atoms with Crippen LogP contribution in [0.2, 0.25) is 18.1 Å². The van der Waals surface area contributed by atoms with Gasteiger partial charge in [0.25, 0.3) is 0 Å². The second kappa shape index (κ2) is 9.88. The summed E-state index contributed by atoms with van der Waals surface area (Å²) in [5.74, 6) is 0.102. The molecule has 4 nitrogen and oxygen atoms in total. The van der Waals surface area contributed by atoms with Gasteiger partial charge >= 0.3 is 0 Å². The number of para-hydroxylation sites is 1. The largest absolute Gasteiger partial charge is 0.416 e. The van der Waals surface area contributed by atoms with Gasteiger partial charge in [-0.1, -0.05) is 45.1 Å². The van der Waals surface area contributed by atoms with Gasteiger partial charge < -0.3 is 4.43 Å². The molecule has 2 atom stereocenters. The van der Waals surface area contributed by atoms with Crippen molar-refractivity contribution in [3.8, 4) is 0 Å². The number of anilines is 1. The Morgan fingerprint density at radius 3 is 2.47 bits per heavy atom. The molecule has 1 unspecified atom stereocenters. The summed E-state index contributed by atoms with van der Waals surface area (Å²) in [5, 5.41) is 0.113. The van der Waals surface area contributed by atoms with E-state index in [1.165, 1.54) is 6.26 Å². The fourth-order valence-electron chi connectivity index (χ4n) is 3.65. The van der Waals surface area contributed by atoms with Crippen LogP contribution in [0.4, 0.5) is 5.69 Å². The third-order valence-corrected chi connectivity index (χ3v) is 12.9. The van der Waals surface area contributed by atoms with Crippen LogP contribution >= 0.6 is 22.6 Å². The molecule has 168 valence electrons. The summed E-state index contributed by atoms with van der Waals surface area (Å²) in [6.07, 6.45) is 7.90. The number of nitrogens with zero attached hydrogens (tertiary/aromatic N) is 1. The fourth-order valence-corrected chi connectivity index (χ4v) is 6.76. The predicted molar refractivity (Wildman–Crippen MR) is 139 cm³/mol. The molecule has 1 aliphatic carbocycles. The quantitative estimate of drug-likeness (QED) is 0.211. The highest BCUT2D eigenvalue weighted by Gasteiger charge is 2.41. The molecule has 0 aliphatic heterocycles. The minimum atomic E-state index is -3.50. The molecule has 0 heterocycles. The molecule has 0 N–H and O–H groups in total. The molecular weight excluding hydrogens is 525 g/mol. The highest BCUT2D eigenvalue weighted by Crippen LogP contribution is 2.40. The molecule has 0 fully saturated rings. The van der Waals surface area contributed by atoms with Crippen LogP contribution in [-0.4, -0.2) is 35.6 Å². The average molecular weight is 562 g/mol. The van der Waals surface area contributed by atoms with Crippen LogP contribution in [0.15, 0.2) is 48.6 Å². The van der Waals surface area contributed by atoms with Crippen LogP contribution in [-0.2, 0) is 14.4 Å². The summed E-state index contributed by atoms with van der Waals surface area (Å²) in [7, 11) is -5.44. The van der Waals surface area contributed by atoms with Crippen LogP contribution in [0.3, 0.4) is 0 Å². The lowest BCUT2D eigenvalue weighted by molar-refractivity contribution is 0.204. The molecule has 1 aromatic carbocycles. The second-order valence-corrected chi connectivity index (χ2v) is 17.5.